The Bertz CT molecular complexity index is 1230. The summed E-state index contributed by atoms with van der Waals surface area (Å²) in [4.78, 5) is 25.0. The number of nitrogens with zero attached hydrogens (tertiary/aromatic N) is 3. The maximum absolute atomic E-state index is 12.9. The normalized spacial score (nSPS) is 10.8. The maximum Gasteiger partial charge on any atom is 0.233 e. The van der Waals surface area contributed by atoms with Gasteiger partial charge in [-0.2, -0.15) is 0 Å². The Kier molecular flexibility index (Phi) is 6.92. The molecule has 4 aromatic rings. The molecule has 0 N–H and O–H groups in total. The van der Waals surface area contributed by atoms with Crippen molar-refractivity contribution in [2.24, 2.45) is 0 Å². The number of hydrogen-bond donors (Lipinski definition) is 0. The van der Waals surface area contributed by atoms with Gasteiger partial charge in [0, 0.05) is 19.0 Å². The number of methoxy groups -OCH3 is 2. The van der Waals surface area contributed by atoms with E-state index in [4.69, 9.17) is 19.4 Å². The minimum absolute atomic E-state index is 0.0187. The van der Waals surface area contributed by atoms with Crippen LogP contribution in [0, 0.1) is 0 Å². The average molecular weight is 466 g/mol. The summed E-state index contributed by atoms with van der Waals surface area (Å²) in [5, 5.41) is 3.77. The van der Waals surface area contributed by atoms with Crippen molar-refractivity contribution < 1.29 is 14.3 Å². The first-order chi connectivity index (χ1) is 15.6. The smallest absolute Gasteiger partial charge is 0.233 e. The number of carbonyl (C=O) groups excluding carboxylic acids is 1. The lowest BCUT2D eigenvalue weighted by molar-refractivity contribution is -0.127. The van der Waals surface area contributed by atoms with E-state index in [2.05, 4.69) is 0 Å². The van der Waals surface area contributed by atoms with E-state index in [0.717, 1.165) is 26.4 Å². The van der Waals surface area contributed by atoms with E-state index in [-0.39, 0.29) is 11.7 Å². The Labute approximate surface area is 195 Å². The summed E-state index contributed by atoms with van der Waals surface area (Å²) < 4.78 is 10.6. The van der Waals surface area contributed by atoms with Gasteiger partial charge in [-0.1, -0.05) is 42.1 Å². The van der Waals surface area contributed by atoms with Crippen LogP contribution in [0.5, 0.6) is 11.5 Å². The molecule has 8 heteroatoms. The minimum Gasteiger partial charge on any atom is -0.493 e. The van der Waals surface area contributed by atoms with Crippen molar-refractivity contribution in [2.75, 3.05) is 27.0 Å². The van der Waals surface area contributed by atoms with Gasteiger partial charge < -0.3 is 14.4 Å². The highest BCUT2D eigenvalue weighted by Crippen LogP contribution is 2.31. The Morgan fingerprint density at radius 2 is 1.84 bits per heavy atom. The number of thioether (sulfide) groups is 1. The second-order valence-corrected chi connectivity index (χ2v) is 8.99. The third kappa shape index (κ3) is 4.87. The lowest BCUT2D eigenvalue weighted by Gasteiger charge is -2.18. The fourth-order valence-electron chi connectivity index (χ4n) is 3.25. The van der Waals surface area contributed by atoms with Crippen LogP contribution in [-0.2, 0) is 11.3 Å². The van der Waals surface area contributed by atoms with Crippen LogP contribution in [0.3, 0.4) is 0 Å². The van der Waals surface area contributed by atoms with Crippen LogP contribution in [0.2, 0.25) is 0 Å². The van der Waals surface area contributed by atoms with Crippen molar-refractivity contribution >= 4 is 39.9 Å². The fourth-order valence-corrected chi connectivity index (χ4v) is 4.87. The molecule has 0 aliphatic carbocycles. The first-order valence-corrected chi connectivity index (χ1v) is 11.8. The van der Waals surface area contributed by atoms with Gasteiger partial charge in [-0.05, 0) is 35.2 Å². The number of aromatic nitrogens is 2. The molecule has 0 radical (unpaired) electrons. The topological polar surface area (TPSA) is 64.5 Å². The molecule has 0 spiro atoms. The van der Waals surface area contributed by atoms with Crippen molar-refractivity contribution in [1.29, 1.82) is 0 Å². The molecule has 1 amide bonds. The van der Waals surface area contributed by atoms with Crippen LogP contribution in [0.4, 0.5) is 0 Å². The quantitative estimate of drug-likeness (QED) is 0.266. The van der Waals surface area contributed by atoms with E-state index < -0.39 is 0 Å². The Morgan fingerprint density at radius 1 is 1.03 bits per heavy atom. The van der Waals surface area contributed by atoms with Gasteiger partial charge in [0.25, 0.3) is 0 Å². The lowest BCUT2D eigenvalue weighted by atomic mass is 10.2. The van der Waals surface area contributed by atoms with Gasteiger partial charge >= 0.3 is 0 Å². The average Bonchev–Trinajstić information content (AvgIpc) is 3.37. The van der Waals surface area contributed by atoms with Gasteiger partial charge in [-0.3, -0.25) is 4.79 Å². The number of rotatable bonds is 8. The number of benzene rings is 2. The van der Waals surface area contributed by atoms with Crippen molar-refractivity contribution in [2.45, 2.75) is 11.6 Å². The minimum atomic E-state index is 0.0187. The van der Waals surface area contributed by atoms with Crippen LogP contribution in [0.15, 0.2) is 65.0 Å². The van der Waals surface area contributed by atoms with Crippen LogP contribution < -0.4 is 9.47 Å². The number of carbonyl (C=O) groups is 1. The van der Waals surface area contributed by atoms with Crippen molar-refractivity contribution in [3.63, 3.8) is 0 Å². The van der Waals surface area contributed by atoms with Crippen LogP contribution in [-0.4, -0.2) is 47.8 Å². The Morgan fingerprint density at radius 3 is 2.59 bits per heavy atom. The molecule has 0 bridgehead atoms. The summed E-state index contributed by atoms with van der Waals surface area (Å²) in [6.07, 6.45) is 0. The van der Waals surface area contributed by atoms with Gasteiger partial charge in [-0.15, -0.1) is 11.3 Å². The van der Waals surface area contributed by atoms with E-state index >= 15 is 0 Å². The molecule has 0 fully saturated rings. The molecule has 6 nitrogen and oxygen atoms in total. The number of thiophene rings is 1. The van der Waals surface area contributed by atoms with Crippen LogP contribution >= 0.6 is 23.1 Å². The monoisotopic (exact) mass is 465 g/mol. The van der Waals surface area contributed by atoms with E-state index in [1.165, 1.54) is 11.8 Å². The van der Waals surface area contributed by atoms with Crippen molar-refractivity contribution in [1.82, 2.24) is 14.9 Å². The zero-order valence-corrected chi connectivity index (χ0v) is 19.7. The molecule has 2 aromatic heterocycles. The van der Waals surface area contributed by atoms with Crippen LogP contribution in [0.1, 0.15) is 5.56 Å². The molecule has 0 saturated carbocycles. The van der Waals surface area contributed by atoms with Gasteiger partial charge in [0.2, 0.25) is 5.91 Å². The zero-order valence-electron chi connectivity index (χ0n) is 18.1. The highest BCUT2D eigenvalue weighted by atomic mass is 32.2. The predicted molar refractivity (Wildman–Crippen MR) is 130 cm³/mol. The summed E-state index contributed by atoms with van der Waals surface area (Å²) >= 11 is 3.04. The zero-order chi connectivity index (χ0) is 22.5. The molecule has 0 saturated heterocycles. The third-order valence-electron chi connectivity index (χ3n) is 4.94. The molecule has 4 rings (SSSR count). The van der Waals surface area contributed by atoms with Gasteiger partial charge in [-0.25, -0.2) is 9.97 Å². The SMILES string of the molecule is COc1ccc(CN(C)C(=O)CSc2nc(-c3cccs3)nc3ccccc23)cc1OC. The second-order valence-electron chi connectivity index (χ2n) is 7.07. The Balaban J connectivity index is 1.49. The highest BCUT2D eigenvalue weighted by Gasteiger charge is 2.15. The molecular formula is C24H23N3O3S2. The van der Waals surface area contributed by atoms with E-state index in [9.17, 15) is 4.79 Å². The summed E-state index contributed by atoms with van der Waals surface area (Å²) in [5.74, 6) is 2.30. The lowest BCUT2D eigenvalue weighted by Crippen LogP contribution is -2.27. The number of para-hydroxylation sites is 1. The Hall–Kier alpha value is -3.10. The number of ether oxygens (including phenoxy) is 2. The molecule has 164 valence electrons. The standard InChI is InChI=1S/C24H23N3O3S2/c1-27(14-16-10-11-19(29-2)20(13-16)30-3)22(28)15-32-24-17-7-4-5-8-18(17)25-23(26-24)21-9-6-12-31-21/h4-13H,14-15H2,1-3H3. The maximum atomic E-state index is 12.9. The third-order valence-corrected chi connectivity index (χ3v) is 6.78. The van der Waals surface area contributed by atoms with Gasteiger partial charge in [0.05, 0.1) is 30.4 Å². The summed E-state index contributed by atoms with van der Waals surface area (Å²) in [7, 11) is 5.00. The summed E-state index contributed by atoms with van der Waals surface area (Å²) in [6.45, 7) is 0.477. The van der Waals surface area contributed by atoms with Crippen molar-refractivity contribution in [3.05, 3.63) is 65.5 Å². The molecule has 2 heterocycles. The fraction of sp³-hybridized carbons (Fsp3) is 0.208. The number of fused-ring (bicyclic) bond motifs is 1. The first-order valence-electron chi connectivity index (χ1n) is 9.97. The highest BCUT2D eigenvalue weighted by molar-refractivity contribution is 8.00. The molecule has 0 atom stereocenters. The van der Waals surface area contributed by atoms with Gasteiger partial charge in [0.1, 0.15) is 5.03 Å². The molecule has 0 aliphatic rings. The predicted octanol–water partition coefficient (Wildman–Crippen LogP) is 5.13. The van der Waals surface area contributed by atoms with Crippen LogP contribution in [0.25, 0.3) is 21.6 Å². The van der Waals surface area contributed by atoms with E-state index in [1.807, 2.05) is 60.0 Å². The number of hydrogen-bond acceptors (Lipinski definition) is 7. The number of amides is 1. The van der Waals surface area contributed by atoms with E-state index in [1.54, 1.807) is 37.5 Å². The molecule has 32 heavy (non-hydrogen) atoms. The summed E-state index contributed by atoms with van der Waals surface area (Å²) in [6, 6.07) is 17.6. The first kappa shape index (κ1) is 22.1. The molecule has 0 unspecified atom stereocenters. The molecule has 0 aliphatic heterocycles. The second kappa shape index (κ2) is 10.0. The molecular weight excluding hydrogens is 442 g/mol. The van der Waals surface area contributed by atoms with Gasteiger partial charge in [0.15, 0.2) is 17.3 Å². The molecule has 2 aromatic carbocycles. The van der Waals surface area contributed by atoms with Crippen molar-refractivity contribution in [3.8, 4) is 22.2 Å². The summed E-state index contributed by atoms with van der Waals surface area (Å²) in [5.41, 5.74) is 1.84. The largest absolute Gasteiger partial charge is 0.493 e. The van der Waals surface area contributed by atoms with E-state index in [0.29, 0.717) is 23.9 Å².